The molecule has 0 aliphatic carbocycles. The number of ether oxygens (including phenoxy) is 1. The first kappa shape index (κ1) is 15.9. The molecule has 2 unspecified atom stereocenters. The van der Waals surface area contributed by atoms with Crippen LogP contribution < -0.4 is 0 Å². The molecule has 0 saturated carbocycles. The highest BCUT2D eigenvalue weighted by Gasteiger charge is 2.28. The lowest BCUT2D eigenvalue weighted by Gasteiger charge is -2.42. The highest BCUT2D eigenvalue weighted by Crippen LogP contribution is 2.21. The Morgan fingerprint density at radius 3 is 2.59 bits per heavy atom. The Balaban J connectivity index is 1.45. The highest BCUT2D eigenvalue weighted by molar-refractivity contribution is 5.17. The summed E-state index contributed by atoms with van der Waals surface area (Å²) < 4.78 is 5.64. The monoisotopic (exact) mass is 304 g/mol. The lowest BCUT2D eigenvalue weighted by atomic mass is 10.0. The molecule has 1 aromatic rings. The van der Waals surface area contributed by atoms with Gasteiger partial charge in [0.2, 0.25) is 0 Å². The average molecular weight is 304 g/mol. The summed E-state index contributed by atoms with van der Waals surface area (Å²) in [4.78, 5) is 5.00. The fraction of sp³-hybridized carbons (Fsp3) is 0.667. The lowest BCUT2D eigenvalue weighted by molar-refractivity contribution is -0.0449. The molecule has 2 aliphatic rings. The molecule has 0 amide bonds. The quantitative estimate of drug-likeness (QED) is 0.922. The summed E-state index contributed by atoms with van der Waals surface area (Å²) in [5, 5.41) is 10.4. The van der Waals surface area contributed by atoms with Crippen molar-refractivity contribution in [1.82, 2.24) is 9.80 Å². The summed E-state index contributed by atoms with van der Waals surface area (Å²) in [5.74, 6) is 0. The normalized spacial score (nSPS) is 26.9. The maximum atomic E-state index is 10.4. The Morgan fingerprint density at radius 1 is 1.18 bits per heavy atom. The van der Waals surface area contributed by atoms with Crippen LogP contribution in [0.15, 0.2) is 30.3 Å². The summed E-state index contributed by atoms with van der Waals surface area (Å²) in [6, 6.07) is 10.7. The van der Waals surface area contributed by atoms with E-state index in [1.54, 1.807) is 0 Å². The molecule has 0 spiro atoms. The number of β-amino-alcohol motifs (C(OH)–C–C–N with tert-alkyl or cyclic N) is 1. The Morgan fingerprint density at radius 2 is 1.91 bits per heavy atom. The van der Waals surface area contributed by atoms with E-state index in [-0.39, 0.29) is 6.10 Å². The molecule has 4 nitrogen and oxygen atoms in total. The largest absolute Gasteiger partial charge is 0.387 e. The van der Waals surface area contributed by atoms with Gasteiger partial charge in [-0.15, -0.1) is 0 Å². The van der Waals surface area contributed by atoms with Crippen LogP contribution in [0.5, 0.6) is 0 Å². The fourth-order valence-electron chi connectivity index (χ4n) is 3.67. The van der Waals surface area contributed by atoms with Crippen molar-refractivity contribution in [3.8, 4) is 0 Å². The second kappa shape index (κ2) is 7.55. The van der Waals surface area contributed by atoms with Crippen LogP contribution in [0.1, 0.15) is 31.4 Å². The number of piperidine rings is 1. The van der Waals surface area contributed by atoms with Gasteiger partial charge < -0.3 is 14.7 Å². The molecule has 2 aliphatic heterocycles. The Bertz CT molecular complexity index is 446. The van der Waals surface area contributed by atoms with Crippen molar-refractivity contribution in [2.45, 2.75) is 38.0 Å². The van der Waals surface area contributed by atoms with Crippen LogP contribution >= 0.6 is 0 Å². The van der Waals surface area contributed by atoms with Gasteiger partial charge in [0, 0.05) is 25.7 Å². The standard InChI is InChI=1S/C18H28N2O2/c1-15-13-20(11-12-22-15)17-7-9-19(10-8-17)14-18(21)16-5-3-2-4-6-16/h2-6,15,17-18,21H,7-14H2,1H3. The molecule has 0 radical (unpaired) electrons. The smallest absolute Gasteiger partial charge is 0.0916 e. The van der Waals surface area contributed by atoms with E-state index in [9.17, 15) is 5.11 Å². The zero-order valence-corrected chi connectivity index (χ0v) is 13.5. The van der Waals surface area contributed by atoms with Crippen LogP contribution in [-0.4, -0.2) is 66.4 Å². The molecule has 2 fully saturated rings. The third-order valence-electron chi connectivity index (χ3n) is 4.96. The molecule has 122 valence electrons. The van der Waals surface area contributed by atoms with Gasteiger partial charge in [-0.3, -0.25) is 4.90 Å². The van der Waals surface area contributed by atoms with Crippen molar-refractivity contribution in [2.24, 2.45) is 0 Å². The summed E-state index contributed by atoms with van der Waals surface area (Å²) >= 11 is 0. The van der Waals surface area contributed by atoms with Gasteiger partial charge in [0.25, 0.3) is 0 Å². The van der Waals surface area contributed by atoms with Gasteiger partial charge in [0.1, 0.15) is 0 Å². The van der Waals surface area contributed by atoms with Crippen LogP contribution in [0.3, 0.4) is 0 Å². The highest BCUT2D eigenvalue weighted by atomic mass is 16.5. The predicted molar refractivity (Wildman–Crippen MR) is 87.9 cm³/mol. The number of aliphatic hydroxyl groups excluding tert-OH is 1. The maximum Gasteiger partial charge on any atom is 0.0916 e. The zero-order valence-electron chi connectivity index (χ0n) is 13.5. The molecule has 1 aromatic carbocycles. The van der Waals surface area contributed by atoms with Crippen molar-refractivity contribution >= 4 is 0 Å². The van der Waals surface area contributed by atoms with Crippen LogP contribution in [0, 0.1) is 0 Å². The molecule has 22 heavy (non-hydrogen) atoms. The van der Waals surface area contributed by atoms with E-state index in [2.05, 4.69) is 16.7 Å². The summed E-state index contributed by atoms with van der Waals surface area (Å²) in [6.45, 7) is 8.08. The van der Waals surface area contributed by atoms with Gasteiger partial charge in [-0.05, 0) is 38.4 Å². The molecule has 4 heteroatoms. The molecular formula is C18H28N2O2. The summed E-state index contributed by atoms with van der Waals surface area (Å²) in [5.41, 5.74) is 1.02. The van der Waals surface area contributed by atoms with Gasteiger partial charge in [-0.1, -0.05) is 30.3 Å². The Labute approximate surface area is 133 Å². The van der Waals surface area contributed by atoms with Crippen molar-refractivity contribution < 1.29 is 9.84 Å². The SMILES string of the molecule is CC1CN(C2CCN(CC(O)c3ccccc3)CC2)CCO1. The second-order valence-electron chi connectivity index (χ2n) is 6.63. The lowest BCUT2D eigenvalue weighted by Crippen LogP contribution is -2.51. The van der Waals surface area contributed by atoms with E-state index in [0.717, 1.165) is 44.9 Å². The first-order valence-electron chi connectivity index (χ1n) is 8.53. The van der Waals surface area contributed by atoms with Crippen LogP contribution in [0.2, 0.25) is 0 Å². The zero-order chi connectivity index (χ0) is 15.4. The minimum Gasteiger partial charge on any atom is -0.387 e. The number of hydrogen-bond acceptors (Lipinski definition) is 4. The number of hydrogen-bond donors (Lipinski definition) is 1. The van der Waals surface area contributed by atoms with E-state index in [0.29, 0.717) is 12.1 Å². The number of nitrogens with zero attached hydrogens (tertiary/aromatic N) is 2. The molecule has 1 N–H and O–H groups in total. The fourth-order valence-corrected chi connectivity index (χ4v) is 3.67. The van der Waals surface area contributed by atoms with Gasteiger partial charge in [0.05, 0.1) is 18.8 Å². The molecule has 2 saturated heterocycles. The van der Waals surface area contributed by atoms with E-state index in [1.807, 2.05) is 30.3 Å². The van der Waals surface area contributed by atoms with E-state index in [4.69, 9.17) is 4.74 Å². The van der Waals surface area contributed by atoms with Crippen molar-refractivity contribution in [3.05, 3.63) is 35.9 Å². The van der Waals surface area contributed by atoms with E-state index < -0.39 is 0 Å². The third kappa shape index (κ3) is 4.07. The van der Waals surface area contributed by atoms with Gasteiger partial charge in [-0.25, -0.2) is 0 Å². The number of aliphatic hydroxyl groups is 1. The minimum absolute atomic E-state index is 0.367. The van der Waals surface area contributed by atoms with Crippen LogP contribution in [0.4, 0.5) is 0 Å². The first-order chi connectivity index (χ1) is 10.7. The van der Waals surface area contributed by atoms with E-state index >= 15 is 0 Å². The van der Waals surface area contributed by atoms with Crippen LogP contribution in [0.25, 0.3) is 0 Å². The average Bonchev–Trinajstić information content (AvgIpc) is 2.56. The van der Waals surface area contributed by atoms with Crippen LogP contribution in [-0.2, 0) is 4.74 Å². The molecular weight excluding hydrogens is 276 g/mol. The van der Waals surface area contributed by atoms with Gasteiger partial charge >= 0.3 is 0 Å². The topological polar surface area (TPSA) is 35.9 Å². The van der Waals surface area contributed by atoms with E-state index in [1.165, 1.54) is 12.8 Å². The third-order valence-corrected chi connectivity index (χ3v) is 4.96. The summed E-state index contributed by atoms with van der Waals surface area (Å²) in [6.07, 6.45) is 2.40. The van der Waals surface area contributed by atoms with Crippen molar-refractivity contribution in [3.63, 3.8) is 0 Å². The molecule has 2 atom stereocenters. The number of morpholine rings is 1. The Hall–Kier alpha value is -0.940. The van der Waals surface area contributed by atoms with Gasteiger partial charge in [0.15, 0.2) is 0 Å². The molecule has 2 heterocycles. The minimum atomic E-state index is -0.374. The second-order valence-corrected chi connectivity index (χ2v) is 6.63. The number of benzene rings is 1. The Kier molecular flexibility index (Phi) is 5.47. The number of likely N-dealkylation sites (tertiary alicyclic amines) is 1. The maximum absolute atomic E-state index is 10.4. The van der Waals surface area contributed by atoms with Gasteiger partial charge in [-0.2, -0.15) is 0 Å². The first-order valence-corrected chi connectivity index (χ1v) is 8.53. The van der Waals surface area contributed by atoms with Crippen molar-refractivity contribution in [1.29, 1.82) is 0 Å². The number of rotatable bonds is 4. The predicted octanol–water partition coefficient (Wildman–Crippen LogP) is 1.91. The molecule has 0 aromatic heterocycles. The molecule has 0 bridgehead atoms. The molecule has 3 rings (SSSR count). The van der Waals surface area contributed by atoms with Crippen molar-refractivity contribution in [2.75, 3.05) is 39.3 Å². The summed E-state index contributed by atoms with van der Waals surface area (Å²) in [7, 11) is 0.